The Balaban J connectivity index is 1.80. The molecule has 30 heavy (non-hydrogen) atoms. The number of nitro groups is 1. The predicted octanol–water partition coefficient (Wildman–Crippen LogP) is 5.14. The molecule has 0 fully saturated rings. The van der Waals surface area contributed by atoms with Crippen LogP contribution in [0.2, 0.25) is 0 Å². The van der Waals surface area contributed by atoms with Gasteiger partial charge in [0.2, 0.25) is 5.16 Å². The Morgan fingerprint density at radius 2 is 1.50 bits per heavy atom. The molecule has 7 nitrogen and oxygen atoms in total. The molecular weight excluding hydrogens is 398 g/mol. The van der Waals surface area contributed by atoms with Crippen LogP contribution in [-0.2, 0) is 0 Å². The fourth-order valence-electron chi connectivity index (χ4n) is 2.86. The van der Waals surface area contributed by atoms with Crippen molar-refractivity contribution in [2.75, 3.05) is 0 Å². The van der Waals surface area contributed by atoms with Gasteiger partial charge in [-0.1, -0.05) is 60.7 Å². The highest BCUT2D eigenvalue weighted by atomic mass is 32.2. The van der Waals surface area contributed by atoms with E-state index in [1.165, 1.54) is 18.2 Å². The number of hydrogen-bond acceptors (Lipinski definition) is 7. The molecule has 4 aromatic rings. The molecule has 0 saturated heterocycles. The van der Waals surface area contributed by atoms with Crippen molar-refractivity contribution >= 4 is 17.4 Å². The summed E-state index contributed by atoms with van der Waals surface area (Å²) in [7, 11) is 0. The Morgan fingerprint density at radius 3 is 2.10 bits per heavy atom. The number of nitriles is 1. The molecule has 0 aliphatic heterocycles. The Hall–Kier alpha value is -4.09. The Kier molecular flexibility index (Phi) is 5.46. The lowest BCUT2D eigenvalue weighted by Crippen LogP contribution is -2.00. The van der Waals surface area contributed by atoms with E-state index >= 15 is 0 Å². The zero-order valence-corrected chi connectivity index (χ0v) is 16.3. The van der Waals surface area contributed by atoms with E-state index in [0.29, 0.717) is 16.3 Å². The van der Waals surface area contributed by atoms with Gasteiger partial charge in [-0.15, -0.1) is 10.2 Å². The van der Waals surface area contributed by atoms with Gasteiger partial charge in [0, 0.05) is 17.2 Å². The first-order chi connectivity index (χ1) is 14.7. The largest absolute Gasteiger partial charge is 0.284 e. The summed E-state index contributed by atoms with van der Waals surface area (Å²) < 4.78 is 0. The molecule has 0 unspecified atom stereocenters. The zero-order valence-electron chi connectivity index (χ0n) is 15.5. The van der Waals surface area contributed by atoms with Gasteiger partial charge in [0.25, 0.3) is 5.69 Å². The smallest absolute Gasteiger partial charge is 0.258 e. The minimum absolute atomic E-state index is 0.170. The maximum Gasteiger partial charge on any atom is 0.284 e. The van der Waals surface area contributed by atoms with E-state index in [2.05, 4.69) is 15.2 Å². The molecule has 1 heterocycles. The third kappa shape index (κ3) is 4.01. The van der Waals surface area contributed by atoms with Gasteiger partial charge in [0.05, 0.1) is 21.5 Å². The van der Waals surface area contributed by atoms with Crippen LogP contribution in [0.4, 0.5) is 5.69 Å². The van der Waals surface area contributed by atoms with Gasteiger partial charge in [-0.3, -0.25) is 10.1 Å². The summed E-state index contributed by atoms with van der Waals surface area (Å²) in [6, 6.07) is 25.4. The molecule has 0 amide bonds. The first-order valence-corrected chi connectivity index (χ1v) is 9.69. The minimum atomic E-state index is -0.521. The fraction of sp³-hybridized carbons (Fsp3) is 0. The second-order valence-corrected chi connectivity index (χ2v) is 7.19. The maximum atomic E-state index is 11.4. The van der Waals surface area contributed by atoms with Gasteiger partial charge in [-0.25, -0.2) is 4.98 Å². The van der Waals surface area contributed by atoms with Crippen molar-refractivity contribution in [2.24, 2.45) is 0 Å². The molecule has 0 radical (unpaired) electrons. The van der Waals surface area contributed by atoms with E-state index in [-0.39, 0.29) is 16.4 Å². The highest BCUT2D eigenvalue weighted by Gasteiger charge is 2.19. The van der Waals surface area contributed by atoms with Gasteiger partial charge in [0.15, 0.2) is 0 Å². The van der Waals surface area contributed by atoms with Crippen molar-refractivity contribution in [2.45, 2.75) is 10.1 Å². The van der Waals surface area contributed by atoms with Crippen LogP contribution in [0.1, 0.15) is 5.56 Å². The van der Waals surface area contributed by atoms with Crippen molar-refractivity contribution in [1.82, 2.24) is 15.2 Å². The molecule has 4 rings (SSSR count). The molecule has 8 heteroatoms. The molecule has 3 aromatic carbocycles. The number of hydrogen-bond donors (Lipinski definition) is 0. The van der Waals surface area contributed by atoms with E-state index in [0.717, 1.165) is 22.9 Å². The second kappa shape index (κ2) is 8.51. The first-order valence-electron chi connectivity index (χ1n) is 8.87. The van der Waals surface area contributed by atoms with Crippen LogP contribution in [0.25, 0.3) is 22.5 Å². The summed E-state index contributed by atoms with van der Waals surface area (Å²) in [5.41, 5.74) is 3.04. The van der Waals surface area contributed by atoms with Gasteiger partial charge in [-0.05, 0) is 23.9 Å². The maximum absolute atomic E-state index is 11.4. The summed E-state index contributed by atoms with van der Waals surface area (Å²) in [5, 5.41) is 29.3. The molecule has 0 bridgehead atoms. The van der Waals surface area contributed by atoms with Crippen molar-refractivity contribution in [3.63, 3.8) is 0 Å². The average molecular weight is 411 g/mol. The molecule has 0 aliphatic carbocycles. The summed E-state index contributed by atoms with van der Waals surface area (Å²) in [6.07, 6.45) is 0. The van der Waals surface area contributed by atoms with Crippen molar-refractivity contribution in [3.05, 3.63) is 94.5 Å². The van der Waals surface area contributed by atoms with Crippen molar-refractivity contribution < 1.29 is 4.92 Å². The van der Waals surface area contributed by atoms with Crippen LogP contribution in [-0.4, -0.2) is 20.1 Å². The second-order valence-electron chi connectivity index (χ2n) is 6.18. The SMILES string of the molecule is N#Cc1ccc(Sc2nnc(-c3ccccc3)c(-c3ccccc3)n2)c([N+](=O)[O-])c1. The molecule has 0 saturated carbocycles. The lowest BCUT2D eigenvalue weighted by molar-refractivity contribution is -0.387. The molecule has 1 aromatic heterocycles. The highest BCUT2D eigenvalue weighted by Crippen LogP contribution is 2.36. The number of rotatable bonds is 5. The van der Waals surface area contributed by atoms with Crippen molar-refractivity contribution in [1.29, 1.82) is 5.26 Å². The molecule has 144 valence electrons. The Labute approximate surface area is 176 Å². The number of nitro benzene ring substituents is 1. The topological polar surface area (TPSA) is 106 Å². The summed E-state index contributed by atoms with van der Waals surface area (Å²) in [6.45, 7) is 0. The quantitative estimate of drug-likeness (QED) is 0.331. The van der Waals surface area contributed by atoms with Crippen molar-refractivity contribution in [3.8, 4) is 28.6 Å². The average Bonchev–Trinajstić information content (AvgIpc) is 2.80. The third-order valence-electron chi connectivity index (χ3n) is 4.25. The number of benzene rings is 3. The highest BCUT2D eigenvalue weighted by molar-refractivity contribution is 7.99. The summed E-state index contributed by atoms with van der Waals surface area (Å²) >= 11 is 1.04. The van der Waals surface area contributed by atoms with E-state index in [1.807, 2.05) is 66.7 Å². The van der Waals surface area contributed by atoms with Crippen LogP contribution in [0.5, 0.6) is 0 Å². The first kappa shape index (κ1) is 19.2. The van der Waals surface area contributed by atoms with Crippen LogP contribution in [0.3, 0.4) is 0 Å². The molecule has 0 N–H and O–H groups in total. The van der Waals surface area contributed by atoms with Gasteiger partial charge in [-0.2, -0.15) is 5.26 Å². The van der Waals surface area contributed by atoms with Gasteiger partial charge in [0.1, 0.15) is 11.4 Å². The predicted molar refractivity (Wildman–Crippen MR) is 113 cm³/mol. The van der Waals surface area contributed by atoms with Crippen LogP contribution >= 0.6 is 11.8 Å². The number of aromatic nitrogens is 3. The number of nitrogens with zero attached hydrogens (tertiary/aromatic N) is 5. The molecule has 0 aliphatic rings. The lowest BCUT2D eigenvalue weighted by Gasteiger charge is -2.09. The monoisotopic (exact) mass is 411 g/mol. The van der Waals surface area contributed by atoms with E-state index in [9.17, 15) is 10.1 Å². The minimum Gasteiger partial charge on any atom is -0.258 e. The fourth-order valence-corrected chi connectivity index (χ4v) is 3.65. The molecular formula is C22H13N5O2S. The zero-order chi connectivity index (χ0) is 20.9. The van der Waals surface area contributed by atoms with E-state index in [1.54, 1.807) is 0 Å². The third-order valence-corrected chi connectivity index (χ3v) is 5.17. The molecule has 0 spiro atoms. The normalized spacial score (nSPS) is 10.4. The van der Waals surface area contributed by atoms with Gasteiger partial charge < -0.3 is 0 Å². The Morgan fingerprint density at radius 1 is 0.867 bits per heavy atom. The summed E-state index contributed by atoms with van der Waals surface area (Å²) in [5.74, 6) is 0. The molecule has 0 atom stereocenters. The lowest BCUT2D eigenvalue weighted by atomic mass is 10.0. The summed E-state index contributed by atoms with van der Waals surface area (Å²) in [4.78, 5) is 15.9. The van der Waals surface area contributed by atoms with E-state index in [4.69, 9.17) is 5.26 Å². The van der Waals surface area contributed by atoms with Gasteiger partial charge >= 0.3 is 0 Å². The van der Waals surface area contributed by atoms with E-state index < -0.39 is 4.92 Å². The van der Waals surface area contributed by atoms with Crippen LogP contribution in [0.15, 0.2) is 88.9 Å². The Bertz CT molecular complexity index is 1260. The van der Waals surface area contributed by atoms with Crippen LogP contribution < -0.4 is 0 Å². The van der Waals surface area contributed by atoms with Crippen LogP contribution in [0, 0.1) is 21.4 Å². The standard InChI is InChI=1S/C22H13N5O2S/c23-14-15-11-12-19(18(13-15)27(28)29)30-22-24-20(16-7-3-1-4-8-16)21(25-26-22)17-9-5-2-6-10-17/h1-13H.